The van der Waals surface area contributed by atoms with Crippen molar-refractivity contribution in [1.29, 1.82) is 0 Å². The average molecular weight is 377 g/mol. The zero-order valence-electron chi connectivity index (χ0n) is 16.3. The van der Waals surface area contributed by atoms with Crippen molar-refractivity contribution in [3.8, 4) is 0 Å². The van der Waals surface area contributed by atoms with Crippen molar-refractivity contribution in [3.63, 3.8) is 0 Å². The van der Waals surface area contributed by atoms with Crippen LogP contribution in [0.25, 0.3) is 0 Å². The molecule has 0 aliphatic carbocycles. The normalized spacial score (nSPS) is 16.8. The van der Waals surface area contributed by atoms with Gasteiger partial charge >= 0.3 is 8.80 Å². The first kappa shape index (κ1) is 22.5. The fourth-order valence-corrected chi connectivity index (χ4v) is 5.49. The molecule has 0 aromatic carbocycles. The summed E-state index contributed by atoms with van der Waals surface area (Å²) in [6.45, 7) is 12.9. The Morgan fingerprint density at radius 1 is 1.16 bits per heavy atom. The van der Waals surface area contributed by atoms with E-state index in [9.17, 15) is 5.11 Å². The van der Waals surface area contributed by atoms with Crippen LogP contribution >= 0.6 is 0 Å². The van der Waals surface area contributed by atoms with Crippen LogP contribution in [-0.2, 0) is 18.0 Å². The van der Waals surface area contributed by atoms with Gasteiger partial charge in [-0.25, -0.2) is 0 Å². The third-order valence-electron chi connectivity index (χ3n) is 3.99. The number of nitrogens with zero attached hydrogens (tertiary/aromatic N) is 2. The van der Waals surface area contributed by atoms with Gasteiger partial charge in [0.15, 0.2) is 0 Å². The molecule has 148 valence electrons. The lowest BCUT2D eigenvalue weighted by Gasteiger charge is -2.29. The van der Waals surface area contributed by atoms with Crippen molar-refractivity contribution in [1.82, 2.24) is 4.90 Å². The number of hydrogen-bond acceptors (Lipinski definition) is 7. The van der Waals surface area contributed by atoms with E-state index in [1.165, 1.54) is 0 Å². The molecule has 7 nitrogen and oxygen atoms in total. The Morgan fingerprint density at radius 2 is 1.80 bits per heavy atom. The molecule has 0 saturated heterocycles. The molecule has 1 unspecified atom stereocenters. The van der Waals surface area contributed by atoms with Crippen LogP contribution in [0.1, 0.15) is 40.5 Å². The van der Waals surface area contributed by atoms with Crippen LogP contribution in [0, 0.1) is 0 Å². The minimum absolute atomic E-state index is 0.330. The molecule has 1 aliphatic heterocycles. The topological polar surface area (TPSA) is 72.8 Å². The van der Waals surface area contributed by atoms with E-state index in [4.69, 9.17) is 18.0 Å². The molecule has 0 radical (unpaired) electrons. The smallest absolute Gasteiger partial charge is 0.389 e. The van der Waals surface area contributed by atoms with Crippen LogP contribution in [0.3, 0.4) is 0 Å². The van der Waals surface area contributed by atoms with Crippen molar-refractivity contribution < 1.29 is 23.1 Å². The highest BCUT2D eigenvalue weighted by atomic mass is 28.4. The van der Waals surface area contributed by atoms with E-state index in [2.05, 4.69) is 9.89 Å². The van der Waals surface area contributed by atoms with Crippen molar-refractivity contribution in [2.45, 2.75) is 52.7 Å². The molecule has 0 fully saturated rings. The molecule has 0 aromatic rings. The van der Waals surface area contributed by atoms with Crippen LogP contribution in [0.4, 0.5) is 0 Å². The molecule has 1 heterocycles. The molecule has 1 rings (SSSR count). The summed E-state index contributed by atoms with van der Waals surface area (Å²) >= 11 is 0. The molecule has 1 N–H and O–H groups in total. The van der Waals surface area contributed by atoms with E-state index in [-0.39, 0.29) is 0 Å². The molecule has 0 amide bonds. The van der Waals surface area contributed by atoms with Gasteiger partial charge in [-0.05, 0) is 40.5 Å². The Bertz CT molecular complexity index is 367. The van der Waals surface area contributed by atoms with Crippen LogP contribution in [0.2, 0.25) is 6.04 Å². The van der Waals surface area contributed by atoms with Crippen LogP contribution in [-0.4, -0.2) is 83.4 Å². The first-order valence-corrected chi connectivity index (χ1v) is 11.4. The third-order valence-corrected chi connectivity index (χ3v) is 7.14. The second-order valence-electron chi connectivity index (χ2n) is 6.04. The molecule has 0 bridgehead atoms. The van der Waals surface area contributed by atoms with E-state index >= 15 is 0 Å². The monoisotopic (exact) mass is 376 g/mol. The van der Waals surface area contributed by atoms with Gasteiger partial charge in [-0.2, -0.15) is 0 Å². The van der Waals surface area contributed by atoms with E-state index in [0.717, 1.165) is 37.8 Å². The number of ether oxygens (including phenoxy) is 1. The van der Waals surface area contributed by atoms with Crippen LogP contribution < -0.4 is 0 Å². The van der Waals surface area contributed by atoms with Gasteiger partial charge in [0.2, 0.25) is 0 Å². The number of aliphatic hydroxyl groups is 1. The summed E-state index contributed by atoms with van der Waals surface area (Å²) in [6, 6.07) is 0.733. The Balaban J connectivity index is 2.26. The molecule has 0 aromatic heterocycles. The molecular formula is C17H36N2O5Si. The summed E-state index contributed by atoms with van der Waals surface area (Å²) in [5, 5.41) is 10.1. The van der Waals surface area contributed by atoms with Gasteiger partial charge in [0.1, 0.15) is 0 Å². The predicted molar refractivity (Wildman–Crippen MR) is 101 cm³/mol. The number of β-amino-alcohol motifs (C(OH)–C–C–N with tert-alkyl or cyclic N) is 1. The molecule has 1 atom stereocenters. The van der Waals surface area contributed by atoms with Gasteiger partial charge in [-0.3, -0.25) is 4.99 Å². The van der Waals surface area contributed by atoms with Crippen LogP contribution in [0.5, 0.6) is 0 Å². The highest BCUT2D eigenvalue weighted by Gasteiger charge is 2.39. The fraction of sp³-hybridized carbons (Fsp3) is 0.941. The summed E-state index contributed by atoms with van der Waals surface area (Å²) in [6.07, 6.45) is 1.34. The highest BCUT2D eigenvalue weighted by molar-refractivity contribution is 6.60. The Hall–Kier alpha value is -0.513. The summed E-state index contributed by atoms with van der Waals surface area (Å²) in [7, 11) is -2.58. The predicted octanol–water partition coefficient (Wildman–Crippen LogP) is 1.93. The minimum Gasteiger partial charge on any atom is -0.389 e. The maximum absolute atomic E-state index is 10.1. The quantitative estimate of drug-likeness (QED) is 0.369. The van der Waals surface area contributed by atoms with E-state index < -0.39 is 14.9 Å². The molecule has 25 heavy (non-hydrogen) atoms. The SMILES string of the molecule is CCO[Si](CCCOCC(O)CN1CCCN=C1C)(OCC)OCC. The van der Waals surface area contributed by atoms with Gasteiger partial charge in [0.05, 0.1) is 18.5 Å². The fourth-order valence-electron chi connectivity index (χ4n) is 2.91. The lowest BCUT2D eigenvalue weighted by Crippen LogP contribution is -2.46. The summed E-state index contributed by atoms with van der Waals surface area (Å²) in [4.78, 5) is 6.53. The second kappa shape index (κ2) is 12.8. The Labute approximate surface area is 153 Å². The van der Waals surface area contributed by atoms with E-state index in [1.54, 1.807) is 0 Å². The second-order valence-corrected chi connectivity index (χ2v) is 8.77. The standard InChI is InChI=1S/C17H36N2O5Si/c1-5-22-25(23-6-2,24-7-3)13-9-12-21-15-17(20)14-19-11-8-10-18-16(19)4/h17,20H,5-15H2,1-4H3. The average Bonchev–Trinajstić information content (AvgIpc) is 2.57. The number of hydrogen-bond donors (Lipinski definition) is 1. The lowest BCUT2D eigenvalue weighted by atomic mass is 10.2. The van der Waals surface area contributed by atoms with Crippen LogP contribution in [0.15, 0.2) is 4.99 Å². The highest BCUT2D eigenvalue weighted by Crippen LogP contribution is 2.18. The van der Waals surface area contributed by atoms with Gasteiger partial charge in [-0.15, -0.1) is 0 Å². The van der Waals surface area contributed by atoms with Gasteiger partial charge < -0.3 is 28.0 Å². The van der Waals surface area contributed by atoms with Gasteiger partial charge in [0, 0.05) is 52.1 Å². The number of amidine groups is 1. The zero-order chi connectivity index (χ0) is 18.5. The first-order valence-electron chi connectivity index (χ1n) is 9.50. The molecule has 0 saturated carbocycles. The third kappa shape index (κ3) is 8.61. The number of rotatable bonds is 14. The largest absolute Gasteiger partial charge is 0.501 e. The minimum atomic E-state index is -2.58. The molecule has 8 heteroatoms. The molecule has 0 spiro atoms. The van der Waals surface area contributed by atoms with Gasteiger partial charge in [-0.1, -0.05) is 0 Å². The molecular weight excluding hydrogens is 340 g/mol. The summed E-state index contributed by atoms with van der Waals surface area (Å²) < 4.78 is 23.1. The maximum atomic E-state index is 10.1. The summed E-state index contributed by atoms with van der Waals surface area (Å²) in [5.41, 5.74) is 0. The van der Waals surface area contributed by atoms with Crippen molar-refractivity contribution in [2.24, 2.45) is 4.99 Å². The van der Waals surface area contributed by atoms with Crippen molar-refractivity contribution in [2.75, 3.05) is 52.7 Å². The Kier molecular flexibility index (Phi) is 11.5. The summed E-state index contributed by atoms with van der Waals surface area (Å²) in [5.74, 6) is 1.01. The van der Waals surface area contributed by atoms with E-state index in [0.29, 0.717) is 39.6 Å². The molecule has 1 aliphatic rings. The zero-order valence-corrected chi connectivity index (χ0v) is 17.3. The van der Waals surface area contributed by atoms with Crippen molar-refractivity contribution >= 4 is 14.6 Å². The maximum Gasteiger partial charge on any atom is 0.501 e. The van der Waals surface area contributed by atoms with Gasteiger partial charge in [0.25, 0.3) is 0 Å². The number of aliphatic imine (C=N–C) groups is 1. The van der Waals surface area contributed by atoms with E-state index in [1.807, 2.05) is 27.7 Å². The first-order chi connectivity index (χ1) is 12.1. The lowest BCUT2D eigenvalue weighted by molar-refractivity contribution is 0.0228. The number of aliphatic hydroxyl groups excluding tert-OH is 1. The van der Waals surface area contributed by atoms with Crippen molar-refractivity contribution in [3.05, 3.63) is 0 Å². The Morgan fingerprint density at radius 3 is 2.36 bits per heavy atom.